The second-order valence-electron chi connectivity index (χ2n) is 7.93. The van der Waals surface area contributed by atoms with E-state index in [1.165, 1.54) is 6.33 Å². The van der Waals surface area contributed by atoms with E-state index in [9.17, 15) is 0 Å². The summed E-state index contributed by atoms with van der Waals surface area (Å²) in [4.78, 5) is 12.2. The molecule has 0 amide bonds. The van der Waals surface area contributed by atoms with E-state index in [-0.39, 0.29) is 0 Å². The molecule has 2 aromatic carbocycles. The van der Waals surface area contributed by atoms with Crippen molar-refractivity contribution in [3.63, 3.8) is 0 Å². The van der Waals surface area contributed by atoms with Crippen molar-refractivity contribution in [1.29, 1.82) is 0 Å². The van der Waals surface area contributed by atoms with Gasteiger partial charge in [0, 0.05) is 17.0 Å². The summed E-state index contributed by atoms with van der Waals surface area (Å²) in [5.74, 6) is 3.15. The van der Waals surface area contributed by atoms with Crippen molar-refractivity contribution in [2.24, 2.45) is 5.92 Å². The molecule has 0 atom stereocenters. The first-order chi connectivity index (χ1) is 15.2. The molecule has 7 nitrogen and oxygen atoms in total. The molecule has 2 aromatic heterocycles. The average Bonchev–Trinajstić information content (AvgIpc) is 3.13. The lowest BCUT2D eigenvalue weighted by atomic mass is 9.99. The Morgan fingerprint density at radius 2 is 1.87 bits per heavy atom. The van der Waals surface area contributed by atoms with Crippen LogP contribution in [0.2, 0.25) is 0 Å². The molecule has 4 aromatic rings. The summed E-state index contributed by atoms with van der Waals surface area (Å²) < 4.78 is 18.0. The van der Waals surface area contributed by atoms with Gasteiger partial charge in [-0.1, -0.05) is 12.1 Å². The van der Waals surface area contributed by atoms with Crippen LogP contribution >= 0.6 is 0 Å². The molecule has 0 aliphatic carbocycles. The maximum absolute atomic E-state index is 6.28. The van der Waals surface area contributed by atoms with E-state index >= 15 is 0 Å². The first-order valence-electron chi connectivity index (χ1n) is 10.6. The van der Waals surface area contributed by atoms with Crippen molar-refractivity contribution in [2.45, 2.75) is 19.8 Å². The minimum absolute atomic E-state index is 0.487. The second kappa shape index (κ2) is 8.43. The average molecular weight is 418 g/mol. The normalized spacial score (nSPS) is 14.8. The molecule has 0 saturated carbocycles. The Balaban J connectivity index is 1.47. The number of piperidine rings is 1. The lowest BCUT2D eigenvalue weighted by Gasteiger charge is -2.23. The van der Waals surface area contributed by atoms with Crippen LogP contribution in [0.3, 0.4) is 0 Å². The van der Waals surface area contributed by atoms with Crippen molar-refractivity contribution in [3.05, 3.63) is 48.4 Å². The van der Waals surface area contributed by atoms with Gasteiger partial charge in [-0.15, -0.1) is 0 Å². The largest absolute Gasteiger partial charge is 0.493 e. The summed E-state index contributed by atoms with van der Waals surface area (Å²) >= 11 is 0. The highest BCUT2D eigenvalue weighted by Gasteiger charge is 2.18. The Bertz CT molecular complexity index is 1210. The molecule has 1 fully saturated rings. The number of hydrogen-bond acceptors (Lipinski definition) is 6. The maximum atomic E-state index is 6.28. The highest BCUT2D eigenvalue weighted by Crippen LogP contribution is 2.38. The Labute approximate surface area is 180 Å². The van der Waals surface area contributed by atoms with Crippen molar-refractivity contribution in [1.82, 2.24) is 20.3 Å². The number of aromatic nitrogens is 3. The van der Waals surface area contributed by atoms with E-state index in [4.69, 9.17) is 14.2 Å². The molecule has 1 aliphatic rings. The molecular weight excluding hydrogens is 392 g/mol. The number of para-hydroxylation sites is 1. The molecule has 160 valence electrons. The number of fused-ring (bicyclic) bond motifs is 2. The molecule has 1 saturated heterocycles. The lowest BCUT2D eigenvalue weighted by molar-refractivity contribution is 0.208. The van der Waals surface area contributed by atoms with Crippen molar-refractivity contribution < 1.29 is 14.2 Å². The number of benzene rings is 2. The van der Waals surface area contributed by atoms with Crippen LogP contribution in [0.1, 0.15) is 18.5 Å². The molecule has 5 rings (SSSR count). The van der Waals surface area contributed by atoms with Gasteiger partial charge in [0.05, 0.1) is 30.3 Å². The lowest BCUT2D eigenvalue weighted by Crippen LogP contribution is -2.30. The van der Waals surface area contributed by atoms with E-state index in [2.05, 4.69) is 20.3 Å². The maximum Gasteiger partial charge on any atom is 0.230 e. The Morgan fingerprint density at radius 3 is 2.71 bits per heavy atom. The van der Waals surface area contributed by atoms with Gasteiger partial charge in [-0.25, -0.2) is 9.97 Å². The van der Waals surface area contributed by atoms with Crippen LogP contribution in [0, 0.1) is 12.8 Å². The fraction of sp³-hybridized carbons (Fsp3) is 0.333. The fourth-order valence-electron chi connectivity index (χ4n) is 4.13. The number of ether oxygens (including phenoxy) is 3. The van der Waals surface area contributed by atoms with Crippen LogP contribution in [0.4, 0.5) is 0 Å². The van der Waals surface area contributed by atoms with E-state index < -0.39 is 0 Å². The van der Waals surface area contributed by atoms with Gasteiger partial charge in [0.25, 0.3) is 0 Å². The Hall–Kier alpha value is -3.32. The number of aryl methyl sites for hydroxylation is 1. The van der Waals surface area contributed by atoms with Gasteiger partial charge in [-0.05, 0) is 57.0 Å². The molecule has 0 spiro atoms. The van der Waals surface area contributed by atoms with Crippen molar-refractivity contribution in [3.8, 4) is 23.1 Å². The van der Waals surface area contributed by atoms with Gasteiger partial charge in [0.1, 0.15) is 6.33 Å². The van der Waals surface area contributed by atoms with Gasteiger partial charge in [0.2, 0.25) is 5.88 Å². The highest BCUT2D eigenvalue weighted by atomic mass is 16.5. The fourth-order valence-corrected chi connectivity index (χ4v) is 4.13. The molecule has 0 unspecified atom stereocenters. The summed E-state index contributed by atoms with van der Waals surface area (Å²) in [6.07, 6.45) is 3.77. The standard InChI is InChI=1S/C24H26N4O3/c1-15-23(17-5-3-4-6-19(17)28-15)31-24-18-11-21(29-2)22(12-20(18)26-14-27-24)30-13-16-7-9-25-10-8-16/h3-6,11-12,14,16,25,28H,7-10,13H2,1-2H3. The third-order valence-corrected chi connectivity index (χ3v) is 5.85. The molecular formula is C24H26N4O3. The monoisotopic (exact) mass is 418 g/mol. The quantitative estimate of drug-likeness (QED) is 0.476. The molecule has 2 N–H and O–H groups in total. The highest BCUT2D eigenvalue weighted by molar-refractivity contribution is 5.90. The van der Waals surface area contributed by atoms with Gasteiger partial charge in [0.15, 0.2) is 17.2 Å². The van der Waals surface area contributed by atoms with Gasteiger partial charge < -0.3 is 24.5 Å². The zero-order valence-electron chi connectivity index (χ0n) is 17.8. The molecule has 7 heteroatoms. The summed E-state index contributed by atoms with van der Waals surface area (Å²) in [7, 11) is 1.65. The summed E-state index contributed by atoms with van der Waals surface area (Å²) in [5.41, 5.74) is 2.73. The second-order valence-corrected chi connectivity index (χ2v) is 7.93. The van der Waals surface area contributed by atoms with E-state index in [0.29, 0.717) is 29.9 Å². The number of nitrogens with zero attached hydrogens (tertiary/aromatic N) is 2. The number of methoxy groups -OCH3 is 1. The van der Waals surface area contributed by atoms with Crippen LogP contribution in [-0.4, -0.2) is 41.8 Å². The van der Waals surface area contributed by atoms with Gasteiger partial charge in [-0.2, -0.15) is 0 Å². The molecule has 31 heavy (non-hydrogen) atoms. The van der Waals surface area contributed by atoms with Gasteiger partial charge >= 0.3 is 0 Å². The van der Waals surface area contributed by atoms with Crippen LogP contribution in [0.5, 0.6) is 23.1 Å². The zero-order valence-corrected chi connectivity index (χ0v) is 17.8. The minimum Gasteiger partial charge on any atom is -0.493 e. The number of nitrogens with one attached hydrogen (secondary N) is 2. The third kappa shape index (κ3) is 3.88. The molecule has 1 aliphatic heterocycles. The topological polar surface area (TPSA) is 81.3 Å². The van der Waals surface area contributed by atoms with E-state index in [1.807, 2.05) is 43.3 Å². The van der Waals surface area contributed by atoms with Crippen LogP contribution in [-0.2, 0) is 0 Å². The predicted molar refractivity (Wildman–Crippen MR) is 120 cm³/mol. The van der Waals surface area contributed by atoms with Crippen LogP contribution < -0.4 is 19.5 Å². The van der Waals surface area contributed by atoms with E-state index in [1.54, 1.807) is 7.11 Å². The number of rotatable bonds is 6. The summed E-state index contributed by atoms with van der Waals surface area (Å²) in [6, 6.07) is 11.9. The van der Waals surface area contributed by atoms with E-state index in [0.717, 1.165) is 59.2 Å². The zero-order chi connectivity index (χ0) is 21.2. The van der Waals surface area contributed by atoms with Crippen molar-refractivity contribution >= 4 is 21.8 Å². The Kier molecular flexibility index (Phi) is 5.34. The summed E-state index contributed by atoms with van der Waals surface area (Å²) in [5, 5.41) is 5.18. The molecule has 0 bridgehead atoms. The van der Waals surface area contributed by atoms with Crippen LogP contribution in [0.15, 0.2) is 42.7 Å². The first-order valence-corrected chi connectivity index (χ1v) is 10.6. The van der Waals surface area contributed by atoms with Crippen LogP contribution in [0.25, 0.3) is 21.8 Å². The van der Waals surface area contributed by atoms with Gasteiger partial charge in [-0.3, -0.25) is 0 Å². The minimum atomic E-state index is 0.487. The predicted octanol–water partition coefficient (Wildman–Crippen LogP) is 4.60. The third-order valence-electron chi connectivity index (χ3n) is 5.85. The Morgan fingerprint density at radius 1 is 1.03 bits per heavy atom. The van der Waals surface area contributed by atoms with Crippen molar-refractivity contribution in [2.75, 3.05) is 26.8 Å². The number of aromatic amines is 1. The number of hydrogen-bond donors (Lipinski definition) is 2. The first kappa shape index (κ1) is 19.6. The summed E-state index contributed by atoms with van der Waals surface area (Å²) in [6.45, 7) is 4.76. The molecule has 3 heterocycles. The number of H-pyrrole nitrogens is 1. The molecule has 0 radical (unpaired) electrons. The SMILES string of the molecule is COc1cc2c(Oc3c(C)[nH]c4ccccc34)ncnc2cc1OCC1CCNCC1. The smallest absolute Gasteiger partial charge is 0.230 e.